The van der Waals surface area contributed by atoms with Gasteiger partial charge in [0.1, 0.15) is 34.5 Å². The SMILES string of the molecule is [B][C@@H]1O[C@H](/C=C/P(=O)(OC)OC)[C@@H](OP(C)N(C(C)C)C(C)C)[C@H]1OCCOC. The van der Waals surface area contributed by atoms with Crippen LogP contribution in [0.1, 0.15) is 27.7 Å². The smallest absolute Gasteiger partial charge is 0.353 e. The van der Waals surface area contributed by atoms with Crippen molar-refractivity contribution in [3.05, 3.63) is 11.9 Å². The van der Waals surface area contributed by atoms with Gasteiger partial charge in [-0.25, -0.2) is 0 Å². The van der Waals surface area contributed by atoms with Gasteiger partial charge in [-0.05, 0) is 40.4 Å². The van der Waals surface area contributed by atoms with Gasteiger partial charge < -0.3 is 27.8 Å². The van der Waals surface area contributed by atoms with Crippen molar-refractivity contribution in [1.29, 1.82) is 0 Å². The Balaban J connectivity index is 3.07. The summed E-state index contributed by atoms with van der Waals surface area (Å²) < 4.78 is 47.9. The second-order valence-electron chi connectivity index (χ2n) is 7.24. The molecule has 168 valence electrons. The molecule has 1 heterocycles. The van der Waals surface area contributed by atoms with Crippen LogP contribution in [0.2, 0.25) is 0 Å². The summed E-state index contributed by atoms with van der Waals surface area (Å²) in [5, 5.41) is 0. The molecule has 0 aromatic carbocycles. The van der Waals surface area contributed by atoms with Crippen LogP contribution >= 0.6 is 15.9 Å². The highest BCUT2D eigenvalue weighted by molar-refractivity contribution is 7.57. The van der Waals surface area contributed by atoms with Gasteiger partial charge in [0.25, 0.3) is 0 Å². The lowest BCUT2D eigenvalue weighted by Gasteiger charge is -2.37. The quantitative estimate of drug-likeness (QED) is 0.240. The van der Waals surface area contributed by atoms with E-state index in [1.54, 1.807) is 13.2 Å². The molecule has 8 nitrogen and oxygen atoms in total. The van der Waals surface area contributed by atoms with Gasteiger partial charge in [-0.15, -0.1) is 0 Å². The molecule has 0 aromatic heterocycles. The molecule has 1 aliphatic rings. The number of methoxy groups -OCH3 is 1. The lowest BCUT2D eigenvalue weighted by molar-refractivity contribution is -0.0288. The van der Waals surface area contributed by atoms with Crippen LogP contribution in [0.3, 0.4) is 0 Å². The zero-order valence-electron chi connectivity index (χ0n) is 18.8. The molecule has 0 N–H and O–H groups in total. The topological polar surface area (TPSA) is 75.7 Å². The zero-order chi connectivity index (χ0) is 22.2. The van der Waals surface area contributed by atoms with E-state index >= 15 is 0 Å². The minimum Gasteiger partial charge on any atom is -0.382 e. The predicted octanol–water partition coefficient (Wildman–Crippen LogP) is 3.36. The zero-order valence-corrected chi connectivity index (χ0v) is 20.6. The van der Waals surface area contributed by atoms with Crippen molar-refractivity contribution in [2.24, 2.45) is 0 Å². The second kappa shape index (κ2) is 12.9. The van der Waals surface area contributed by atoms with Gasteiger partial charge in [0.15, 0.2) is 0 Å². The summed E-state index contributed by atoms with van der Waals surface area (Å²) in [6.07, 6.45) is 0.102. The van der Waals surface area contributed by atoms with E-state index in [0.717, 1.165) is 0 Å². The van der Waals surface area contributed by atoms with Gasteiger partial charge in [-0.2, -0.15) is 0 Å². The van der Waals surface area contributed by atoms with Crippen molar-refractivity contribution >= 4 is 23.7 Å². The Hall–Kier alpha value is 0.185. The molecular weight excluding hydrogens is 415 g/mol. The van der Waals surface area contributed by atoms with Crippen molar-refractivity contribution in [1.82, 2.24) is 4.67 Å². The fourth-order valence-electron chi connectivity index (χ4n) is 3.31. The van der Waals surface area contributed by atoms with Crippen LogP contribution in [0, 0.1) is 0 Å². The molecule has 0 spiro atoms. The van der Waals surface area contributed by atoms with E-state index < -0.39 is 40.2 Å². The average Bonchev–Trinajstić information content (AvgIpc) is 2.94. The summed E-state index contributed by atoms with van der Waals surface area (Å²) in [6.45, 7) is 11.4. The third kappa shape index (κ3) is 7.99. The molecule has 0 aliphatic carbocycles. The van der Waals surface area contributed by atoms with Crippen LogP contribution in [0.25, 0.3) is 0 Å². The molecule has 1 fully saturated rings. The van der Waals surface area contributed by atoms with Crippen LogP contribution in [-0.2, 0) is 32.3 Å². The molecular formula is C18H36BNO7P2. The first-order valence-corrected chi connectivity index (χ1v) is 13.0. The molecule has 1 saturated heterocycles. The largest absolute Gasteiger partial charge is 0.382 e. The maximum Gasteiger partial charge on any atom is 0.353 e. The van der Waals surface area contributed by atoms with Crippen LogP contribution in [-0.4, -0.2) is 90.1 Å². The minimum atomic E-state index is -3.33. The minimum absolute atomic E-state index is 0.311. The molecule has 0 saturated carbocycles. The summed E-state index contributed by atoms with van der Waals surface area (Å²) in [5.74, 6) is 1.37. The number of nitrogens with zero attached hydrogens (tertiary/aromatic N) is 1. The Labute approximate surface area is 178 Å². The van der Waals surface area contributed by atoms with E-state index in [0.29, 0.717) is 25.3 Å². The molecule has 1 unspecified atom stereocenters. The third-order valence-corrected chi connectivity index (χ3v) is 8.19. The van der Waals surface area contributed by atoms with E-state index in [9.17, 15) is 4.57 Å². The van der Waals surface area contributed by atoms with Gasteiger partial charge in [-0.3, -0.25) is 9.24 Å². The maximum atomic E-state index is 12.4. The van der Waals surface area contributed by atoms with E-state index in [1.807, 2.05) is 0 Å². The number of hydrogen-bond acceptors (Lipinski definition) is 8. The summed E-state index contributed by atoms with van der Waals surface area (Å²) >= 11 is 0. The highest BCUT2D eigenvalue weighted by Crippen LogP contribution is 2.49. The highest BCUT2D eigenvalue weighted by Gasteiger charge is 2.44. The summed E-state index contributed by atoms with van der Waals surface area (Å²) in [7, 11) is 6.16. The Morgan fingerprint density at radius 3 is 2.17 bits per heavy atom. The highest BCUT2D eigenvalue weighted by atomic mass is 31.2. The summed E-state index contributed by atoms with van der Waals surface area (Å²) in [4.78, 5) is 0. The first-order chi connectivity index (χ1) is 13.6. The molecule has 1 rings (SSSR count). The van der Waals surface area contributed by atoms with E-state index in [1.165, 1.54) is 20.0 Å². The van der Waals surface area contributed by atoms with Gasteiger partial charge in [0, 0.05) is 45.2 Å². The van der Waals surface area contributed by atoms with E-state index in [2.05, 4.69) is 39.0 Å². The van der Waals surface area contributed by atoms with Gasteiger partial charge >= 0.3 is 7.60 Å². The maximum absolute atomic E-state index is 12.4. The van der Waals surface area contributed by atoms with Crippen molar-refractivity contribution in [2.75, 3.05) is 41.2 Å². The fraction of sp³-hybridized carbons (Fsp3) is 0.889. The Kier molecular flexibility index (Phi) is 12.1. The molecule has 0 amide bonds. The van der Waals surface area contributed by atoms with Crippen LogP contribution in [0.4, 0.5) is 0 Å². The first-order valence-electron chi connectivity index (χ1n) is 9.71. The van der Waals surface area contributed by atoms with E-state index in [-0.39, 0.29) is 0 Å². The Morgan fingerprint density at radius 2 is 1.69 bits per heavy atom. The van der Waals surface area contributed by atoms with Crippen molar-refractivity contribution < 1.29 is 32.3 Å². The van der Waals surface area contributed by atoms with Crippen molar-refractivity contribution in [3.63, 3.8) is 0 Å². The Bertz CT molecular complexity index is 536. The second-order valence-corrected chi connectivity index (χ2v) is 11.0. The standard InChI is InChI=1S/C18H36BNO7P2/c1-13(2)20(14(3)4)28(8)27-16-15(9-12-29(21,23-6)24-7)26-18(19)17(16)25-11-10-22-5/h9,12-18H,10-11H2,1-8H3/b12-9+/t15-,16-,17-,18-,28?/m1/s1. The van der Waals surface area contributed by atoms with Crippen LogP contribution in [0.15, 0.2) is 11.9 Å². The monoisotopic (exact) mass is 451 g/mol. The number of rotatable bonds is 13. The fourth-order valence-corrected chi connectivity index (χ4v) is 6.08. The third-order valence-electron chi connectivity index (χ3n) is 4.51. The lowest BCUT2D eigenvalue weighted by atomic mass is 9.93. The predicted molar refractivity (Wildman–Crippen MR) is 117 cm³/mol. The van der Waals surface area contributed by atoms with Crippen molar-refractivity contribution in [3.8, 4) is 0 Å². The molecule has 1 aliphatic heterocycles. The van der Waals surface area contributed by atoms with Crippen LogP contribution in [0.5, 0.6) is 0 Å². The van der Waals surface area contributed by atoms with E-state index in [4.69, 9.17) is 35.6 Å². The summed E-state index contributed by atoms with van der Waals surface area (Å²) in [6, 6.07) is -0.0664. The van der Waals surface area contributed by atoms with Gasteiger partial charge in [0.05, 0.1) is 13.2 Å². The average molecular weight is 451 g/mol. The molecule has 0 bridgehead atoms. The number of hydrogen-bond donors (Lipinski definition) is 0. The number of ether oxygens (including phenoxy) is 3. The molecule has 29 heavy (non-hydrogen) atoms. The molecule has 5 atom stereocenters. The Morgan fingerprint density at radius 1 is 1.10 bits per heavy atom. The van der Waals surface area contributed by atoms with Gasteiger partial charge in [0.2, 0.25) is 0 Å². The molecule has 11 heteroatoms. The normalized spacial score (nSPS) is 27.0. The summed E-state index contributed by atoms with van der Waals surface area (Å²) in [5.41, 5.74) is 0. The molecule has 2 radical (unpaired) electrons. The van der Waals surface area contributed by atoms with Gasteiger partial charge in [-0.1, -0.05) is 0 Å². The molecule has 0 aromatic rings. The van der Waals surface area contributed by atoms with Crippen molar-refractivity contribution in [2.45, 2.75) is 64.1 Å². The first kappa shape index (κ1) is 27.2. The lowest BCUT2D eigenvalue weighted by Crippen LogP contribution is -2.40. The van der Waals surface area contributed by atoms with Crippen LogP contribution < -0.4 is 0 Å².